The molecule has 0 saturated heterocycles. The first-order valence-corrected chi connectivity index (χ1v) is 44.3. The number of esters is 1. The van der Waals surface area contributed by atoms with Crippen molar-refractivity contribution in [1.29, 1.82) is 0 Å². The van der Waals surface area contributed by atoms with Crippen molar-refractivity contribution < 1.29 is 24.5 Å². The molecule has 2 atom stereocenters. The fourth-order valence-electron chi connectivity index (χ4n) is 14.7. The summed E-state index contributed by atoms with van der Waals surface area (Å²) in [7, 11) is 0. The van der Waals surface area contributed by atoms with Gasteiger partial charge in [-0.2, -0.15) is 0 Å². The second-order valence-corrected chi connectivity index (χ2v) is 30.9. The summed E-state index contributed by atoms with van der Waals surface area (Å²) in [5, 5.41) is 23.5. The maximum atomic E-state index is 12.6. The van der Waals surface area contributed by atoms with Crippen LogP contribution in [0.4, 0.5) is 0 Å². The molecule has 0 radical (unpaired) electrons. The zero-order chi connectivity index (χ0) is 67.7. The van der Waals surface area contributed by atoms with E-state index in [9.17, 15) is 19.8 Å². The Morgan fingerprint density at radius 2 is 0.436 bits per heavy atom. The van der Waals surface area contributed by atoms with Gasteiger partial charge < -0.3 is 20.3 Å². The molecule has 0 aromatic heterocycles. The highest BCUT2D eigenvalue weighted by Crippen LogP contribution is 2.22. The molecule has 0 aromatic carbocycles. The largest absolute Gasteiger partial charge is 0.466 e. The van der Waals surface area contributed by atoms with Gasteiger partial charge in [0, 0.05) is 12.8 Å². The van der Waals surface area contributed by atoms with Gasteiger partial charge in [0.25, 0.3) is 0 Å². The Bertz CT molecular complexity index is 1390. The second kappa shape index (κ2) is 84.3. The van der Waals surface area contributed by atoms with Gasteiger partial charge in [0.2, 0.25) is 5.91 Å². The Kier molecular flexibility index (Phi) is 83.3. The third kappa shape index (κ3) is 79.8. The van der Waals surface area contributed by atoms with Gasteiger partial charge in [-0.1, -0.05) is 489 Å². The first kappa shape index (κ1) is 92.9. The molecule has 6 nitrogen and oxygen atoms in total. The maximum absolute atomic E-state index is 12.6. The highest BCUT2D eigenvalue weighted by Gasteiger charge is 2.20. The van der Waals surface area contributed by atoms with Crippen LogP contribution in [0.15, 0.2) is 0 Å². The van der Waals surface area contributed by atoms with Crippen LogP contribution < -0.4 is 5.32 Å². The number of unbranched alkanes of at least 4 members (excludes halogenated alkanes) is 74. The molecule has 0 saturated carbocycles. The SMILES string of the molecule is CCCCCCCCCCCCCCCCCCCCCCCCCCC(O)C(CO)NC(=O)CCCCCCCCCCCCCCCCCCCCCCCCCCCCCCCCCCCCCCCOC(=O)CCCCCCCCCCCCCCCCCC. The molecule has 0 aliphatic carbocycles. The molecule has 562 valence electrons. The molecule has 1 amide bonds. The molecule has 0 rings (SSSR count). The molecule has 3 N–H and O–H groups in total. The van der Waals surface area contributed by atoms with E-state index in [1.54, 1.807) is 0 Å². The molecule has 0 aromatic rings. The molecule has 0 heterocycles. The monoisotopic (exact) mass is 1330 g/mol. The van der Waals surface area contributed by atoms with Crippen LogP contribution in [0.1, 0.15) is 528 Å². The lowest BCUT2D eigenvalue weighted by Gasteiger charge is -2.22. The standard InChI is InChI=1S/C88H175NO5/c1-3-5-7-9-11-13-15-17-19-21-22-23-24-40-43-46-49-52-56-60-64-68-72-76-80-86(91)85(84-90)89-87(92)81-77-73-69-65-61-57-53-50-47-44-41-38-36-34-32-30-28-26-25-27-29-31-33-35-37-39-42-45-48-51-55-59-63-67-71-75-79-83-94-88(93)82-78-74-70-66-62-58-54-20-18-16-14-12-10-8-6-4-2/h85-86,90-91H,3-84H2,1-2H3,(H,89,92). The normalized spacial score (nSPS) is 12.3. The summed E-state index contributed by atoms with van der Waals surface area (Å²) in [5.41, 5.74) is 0. The van der Waals surface area contributed by atoms with Gasteiger partial charge in [0.15, 0.2) is 0 Å². The van der Waals surface area contributed by atoms with E-state index in [-0.39, 0.29) is 18.5 Å². The number of amides is 1. The summed E-state index contributed by atoms with van der Waals surface area (Å²) in [6, 6.07) is -0.538. The van der Waals surface area contributed by atoms with Crippen LogP contribution in [0.5, 0.6) is 0 Å². The topological polar surface area (TPSA) is 95.9 Å². The minimum Gasteiger partial charge on any atom is -0.466 e. The Labute approximate surface area is 591 Å². The van der Waals surface area contributed by atoms with Gasteiger partial charge in [-0.05, 0) is 25.7 Å². The average Bonchev–Trinajstić information content (AvgIpc) is 3.75. The van der Waals surface area contributed by atoms with Crippen molar-refractivity contribution in [2.24, 2.45) is 0 Å². The van der Waals surface area contributed by atoms with Crippen molar-refractivity contribution in [3.63, 3.8) is 0 Å². The molecular formula is C88H175NO5. The lowest BCUT2D eigenvalue weighted by atomic mass is 10.0. The highest BCUT2D eigenvalue weighted by atomic mass is 16.5. The molecule has 2 unspecified atom stereocenters. The fourth-order valence-corrected chi connectivity index (χ4v) is 14.7. The molecule has 6 heteroatoms. The summed E-state index contributed by atoms with van der Waals surface area (Å²) in [4.78, 5) is 24.7. The van der Waals surface area contributed by atoms with Crippen molar-refractivity contribution >= 4 is 11.9 Å². The zero-order valence-electron chi connectivity index (χ0n) is 64.8. The number of hydrogen-bond acceptors (Lipinski definition) is 5. The van der Waals surface area contributed by atoms with Crippen molar-refractivity contribution in [3.8, 4) is 0 Å². The molecule has 0 fully saturated rings. The molecule has 94 heavy (non-hydrogen) atoms. The van der Waals surface area contributed by atoms with Crippen LogP contribution >= 0.6 is 0 Å². The highest BCUT2D eigenvalue weighted by molar-refractivity contribution is 5.76. The van der Waals surface area contributed by atoms with Crippen molar-refractivity contribution in [2.75, 3.05) is 13.2 Å². The minimum atomic E-state index is -0.661. The van der Waals surface area contributed by atoms with E-state index in [1.165, 1.54) is 456 Å². The molecule has 0 aliphatic heterocycles. The number of carbonyl (C=O) groups excluding carboxylic acids is 2. The van der Waals surface area contributed by atoms with E-state index in [2.05, 4.69) is 19.2 Å². The van der Waals surface area contributed by atoms with Crippen molar-refractivity contribution in [3.05, 3.63) is 0 Å². The fraction of sp³-hybridized carbons (Fsp3) is 0.977. The number of aliphatic hydroxyl groups is 2. The predicted molar refractivity (Wildman–Crippen MR) is 417 cm³/mol. The molecular weight excluding hydrogens is 1150 g/mol. The second-order valence-electron chi connectivity index (χ2n) is 30.9. The quantitative estimate of drug-likeness (QED) is 0.0417. The number of carbonyl (C=O) groups is 2. The number of ether oxygens (including phenoxy) is 1. The molecule has 0 aliphatic rings. The lowest BCUT2D eigenvalue weighted by Crippen LogP contribution is -2.45. The zero-order valence-corrected chi connectivity index (χ0v) is 64.8. The summed E-state index contributed by atoms with van der Waals surface area (Å²) < 4.78 is 5.52. The van der Waals surface area contributed by atoms with Crippen LogP contribution in [0.25, 0.3) is 0 Å². The number of rotatable bonds is 85. The van der Waals surface area contributed by atoms with Crippen molar-refractivity contribution in [2.45, 2.75) is 540 Å². The smallest absolute Gasteiger partial charge is 0.305 e. The summed E-state index contributed by atoms with van der Waals surface area (Å²) >= 11 is 0. The van der Waals surface area contributed by atoms with Crippen LogP contribution in [0.2, 0.25) is 0 Å². The predicted octanol–water partition coefficient (Wildman–Crippen LogP) is 29.6. The van der Waals surface area contributed by atoms with E-state index < -0.39 is 12.1 Å². The third-order valence-corrected chi connectivity index (χ3v) is 21.4. The van der Waals surface area contributed by atoms with Crippen LogP contribution in [-0.4, -0.2) is 47.4 Å². The van der Waals surface area contributed by atoms with E-state index in [0.717, 1.165) is 38.5 Å². The first-order valence-electron chi connectivity index (χ1n) is 44.3. The summed E-state index contributed by atoms with van der Waals surface area (Å²) in [6.45, 7) is 5.03. The third-order valence-electron chi connectivity index (χ3n) is 21.4. The van der Waals surface area contributed by atoms with E-state index >= 15 is 0 Å². The summed E-state index contributed by atoms with van der Waals surface area (Å²) in [6.07, 6.45) is 107. The number of hydrogen-bond donors (Lipinski definition) is 3. The van der Waals surface area contributed by atoms with Crippen molar-refractivity contribution in [1.82, 2.24) is 5.32 Å². The van der Waals surface area contributed by atoms with Gasteiger partial charge >= 0.3 is 5.97 Å². The summed E-state index contributed by atoms with van der Waals surface area (Å²) in [5.74, 6) is 0.00650. The first-order chi connectivity index (χ1) is 46.5. The van der Waals surface area contributed by atoms with E-state index in [4.69, 9.17) is 4.74 Å². The molecule has 0 bridgehead atoms. The Balaban J connectivity index is 3.29. The average molecular weight is 1330 g/mol. The number of nitrogens with one attached hydrogen (secondary N) is 1. The maximum Gasteiger partial charge on any atom is 0.305 e. The van der Waals surface area contributed by atoms with E-state index in [1.807, 2.05) is 0 Å². The van der Waals surface area contributed by atoms with Crippen LogP contribution in [0.3, 0.4) is 0 Å². The van der Waals surface area contributed by atoms with Gasteiger partial charge in [-0.25, -0.2) is 0 Å². The van der Waals surface area contributed by atoms with Gasteiger partial charge in [0.05, 0.1) is 25.4 Å². The minimum absolute atomic E-state index is 0.0221. The van der Waals surface area contributed by atoms with Crippen LogP contribution in [0, 0.1) is 0 Å². The lowest BCUT2D eigenvalue weighted by molar-refractivity contribution is -0.143. The van der Waals surface area contributed by atoms with Crippen LogP contribution in [-0.2, 0) is 14.3 Å². The molecule has 0 spiro atoms. The Hall–Kier alpha value is -1.14. The number of aliphatic hydroxyl groups excluding tert-OH is 2. The van der Waals surface area contributed by atoms with Gasteiger partial charge in [-0.3, -0.25) is 9.59 Å². The Morgan fingerprint density at radius 1 is 0.255 bits per heavy atom. The van der Waals surface area contributed by atoms with Gasteiger partial charge in [0.1, 0.15) is 0 Å². The Morgan fingerprint density at radius 3 is 0.649 bits per heavy atom. The van der Waals surface area contributed by atoms with Gasteiger partial charge in [-0.15, -0.1) is 0 Å². The van der Waals surface area contributed by atoms with E-state index in [0.29, 0.717) is 25.9 Å².